The monoisotopic (exact) mass is 368 g/mol. The Morgan fingerprint density at radius 2 is 2.04 bits per heavy atom. The Labute approximate surface area is 150 Å². The van der Waals surface area contributed by atoms with Crippen LogP contribution in [0.3, 0.4) is 0 Å². The summed E-state index contributed by atoms with van der Waals surface area (Å²) in [7, 11) is -1.11. The highest BCUT2D eigenvalue weighted by molar-refractivity contribution is 7.91. The molecule has 1 unspecified atom stereocenters. The molecule has 0 spiro atoms. The van der Waals surface area contributed by atoms with E-state index in [1.807, 2.05) is 23.1 Å². The normalized spacial score (nSPS) is 19.2. The predicted octanol–water partition coefficient (Wildman–Crippen LogP) is 0.871. The maximum Gasteiger partial charge on any atom is 0.234 e. The third-order valence-electron chi connectivity index (χ3n) is 4.39. The van der Waals surface area contributed by atoms with Gasteiger partial charge >= 0.3 is 0 Å². The highest BCUT2D eigenvalue weighted by Gasteiger charge is 2.31. The quantitative estimate of drug-likeness (QED) is 0.620. The lowest BCUT2D eigenvalue weighted by atomic mass is 10.2. The molecule has 1 aliphatic heterocycles. The number of sulfone groups is 1. The molecule has 0 aromatic heterocycles. The summed E-state index contributed by atoms with van der Waals surface area (Å²) in [6.45, 7) is 2.09. The van der Waals surface area contributed by atoms with E-state index in [4.69, 9.17) is 4.74 Å². The van der Waals surface area contributed by atoms with Gasteiger partial charge in [-0.3, -0.25) is 9.69 Å². The van der Waals surface area contributed by atoms with Crippen LogP contribution in [0.4, 0.5) is 0 Å². The van der Waals surface area contributed by atoms with Gasteiger partial charge in [-0.2, -0.15) is 0 Å². The average Bonchev–Trinajstić information content (AvgIpc) is 2.95. The molecule has 6 nitrogen and oxygen atoms in total. The van der Waals surface area contributed by atoms with E-state index in [9.17, 15) is 13.2 Å². The van der Waals surface area contributed by atoms with Gasteiger partial charge in [0.25, 0.3) is 0 Å². The van der Waals surface area contributed by atoms with Gasteiger partial charge in [-0.15, -0.1) is 0 Å². The molecule has 0 aliphatic carbocycles. The van der Waals surface area contributed by atoms with Gasteiger partial charge in [0.15, 0.2) is 9.84 Å². The molecule has 1 amide bonds. The number of carbonyl (C=O) groups is 1. The number of hydrogen-bond acceptors (Lipinski definition) is 5. The maximum atomic E-state index is 11.9. The first-order valence-electron chi connectivity index (χ1n) is 8.75. The number of likely N-dealkylation sites (N-methyl/N-ethyl adjacent to an activating group) is 1. The molecular formula is C18H28N2O4S. The molecule has 1 saturated heterocycles. The van der Waals surface area contributed by atoms with E-state index in [2.05, 4.69) is 17.4 Å². The van der Waals surface area contributed by atoms with Crippen LogP contribution in [0.1, 0.15) is 18.4 Å². The Morgan fingerprint density at radius 1 is 1.28 bits per heavy atom. The fourth-order valence-electron chi connectivity index (χ4n) is 2.87. The molecule has 25 heavy (non-hydrogen) atoms. The van der Waals surface area contributed by atoms with Crippen molar-refractivity contribution in [3.63, 3.8) is 0 Å². The standard InChI is InChI=1S/C18H28N2O4S/c1-20(17-9-13-25(22,23)15-17)14-18(21)19-10-5-11-24-12-8-16-6-3-2-4-7-16/h2-4,6-7,17H,5,8-15H2,1H3,(H,19,21). The first-order chi connectivity index (χ1) is 12.0. The van der Waals surface area contributed by atoms with Gasteiger partial charge in [0.2, 0.25) is 5.91 Å². The summed E-state index contributed by atoms with van der Waals surface area (Å²) in [5, 5.41) is 2.86. The van der Waals surface area contributed by atoms with Crippen LogP contribution in [0.15, 0.2) is 30.3 Å². The molecule has 0 bridgehead atoms. The summed E-state index contributed by atoms with van der Waals surface area (Å²) >= 11 is 0. The van der Waals surface area contributed by atoms with Crippen molar-refractivity contribution in [3.8, 4) is 0 Å². The predicted molar refractivity (Wildman–Crippen MR) is 98.3 cm³/mol. The molecule has 1 aromatic carbocycles. The van der Waals surface area contributed by atoms with Crippen LogP contribution in [0.25, 0.3) is 0 Å². The van der Waals surface area contributed by atoms with E-state index in [0.717, 1.165) is 12.8 Å². The van der Waals surface area contributed by atoms with Crippen molar-refractivity contribution in [1.82, 2.24) is 10.2 Å². The number of ether oxygens (including phenoxy) is 1. The van der Waals surface area contributed by atoms with E-state index in [1.165, 1.54) is 5.56 Å². The highest BCUT2D eigenvalue weighted by Crippen LogP contribution is 2.15. The summed E-state index contributed by atoms with van der Waals surface area (Å²) < 4.78 is 28.5. The van der Waals surface area contributed by atoms with Crippen molar-refractivity contribution in [2.75, 3.05) is 44.9 Å². The van der Waals surface area contributed by atoms with Crippen LogP contribution in [-0.2, 0) is 25.8 Å². The number of nitrogens with one attached hydrogen (secondary N) is 1. The summed E-state index contributed by atoms with van der Waals surface area (Å²) in [5.74, 6) is 0.312. The van der Waals surface area contributed by atoms with Gasteiger partial charge in [-0.1, -0.05) is 30.3 Å². The van der Waals surface area contributed by atoms with Crippen molar-refractivity contribution >= 4 is 15.7 Å². The van der Waals surface area contributed by atoms with Crippen molar-refractivity contribution in [3.05, 3.63) is 35.9 Å². The minimum absolute atomic E-state index is 0.0444. The number of benzene rings is 1. The first-order valence-corrected chi connectivity index (χ1v) is 10.6. The summed E-state index contributed by atoms with van der Waals surface area (Å²) in [5.41, 5.74) is 1.26. The van der Waals surface area contributed by atoms with Gasteiger partial charge in [0.1, 0.15) is 0 Å². The van der Waals surface area contributed by atoms with Crippen molar-refractivity contribution in [2.45, 2.75) is 25.3 Å². The second kappa shape index (κ2) is 9.89. The van der Waals surface area contributed by atoms with Crippen LogP contribution in [0.2, 0.25) is 0 Å². The Kier molecular flexibility index (Phi) is 7.87. The topological polar surface area (TPSA) is 75.7 Å². The molecule has 140 valence electrons. The lowest BCUT2D eigenvalue weighted by molar-refractivity contribution is -0.122. The number of nitrogens with zero attached hydrogens (tertiary/aromatic N) is 1. The second-order valence-electron chi connectivity index (χ2n) is 6.52. The first kappa shape index (κ1) is 19.9. The highest BCUT2D eigenvalue weighted by atomic mass is 32.2. The number of carbonyl (C=O) groups excluding carboxylic acids is 1. The molecule has 2 rings (SSSR count). The van der Waals surface area contributed by atoms with E-state index < -0.39 is 9.84 Å². The Bertz CT molecular complexity index is 634. The van der Waals surface area contributed by atoms with Gasteiger partial charge in [-0.05, 0) is 31.9 Å². The van der Waals surface area contributed by atoms with Crippen molar-refractivity contribution < 1.29 is 17.9 Å². The second-order valence-corrected chi connectivity index (χ2v) is 8.75. The number of hydrogen-bond donors (Lipinski definition) is 1. The fourth-order valence-corrected chi connectivity index (χ4v) is 4.68. The van der Waals surface area contributed by atoms with Crippen LogP contribution in [0, 0.1) is 0 Å². The molecule has 1 aliphatic rings. The summed E-state index contributed by atoms with van der Waals surface area (Å²) in [4.78, 5) is 13.7. The number of rotatable bonds is 10. The number of amides is 1. The Morgan fingerprint density at radius 3 is 2.72 bits per heavy atom. The fraction of sp³-hybridized carbons (Fsp3) is 0.611. The van der Waals surface area contributed by atoms with Gasteiger partial charge in [0, 0.05) is 19.2 Å². The average molecular weight is 368 g/mol. The molecule has 0 saturated carbocycles. The Hall–Kier alpha value is -1.44. The van der Waals surface area contributed by atoms with Gasteiger partial charge in [0.05, 0.1) is 24.7 Å². The zero-order valence-corrected chi connectivity index (χ0v) is 15.6. The molecule has 0 radical (unpaired) electrons. The smallest absolute Gasteiger partial charge is 0.234 e. The van der Waals surface area contributed by atoms with Crippen LogP contribution in [-0.4, -0.2) is 70.1 Å². The van der Waals surface area contributed by atoms with Crippen LogP contribution in [0.5, 0.6) is 0 Å². The molecule has 1 aromatic rings. The van der Waals surface area contributed by atoms with Crippen molar-refractivity contribution in [1.29, 1.82) is 0 Å². The third kappa shape index (κ3) is 7.54. The minimum atomic E-state index is -2.92. The Balaban J connectivity index is 1.49. The lowest BCUT2D eigenvalue weighted by Gasteiger charge is -2.22. The van der Waals surface area contributed by atoms with Gasteiger partial charge < -0.3 is 10.1 Å². The van der Waals surface area contributed by atoms with E-state index >= 15 is 0 Å². The van der Waals surface area contributed by atoms with E-state index in [0.29, 0.717) is 26.2 Å². The van der Waals surface area contributed by atoms with Crippen molar-refractivity contribution in [2.24, 2.45) is 0 Å². The molecular weight excluding hydrogens is 340 g/mol. The van der Waals surface area contributed by atoms with Crippen LogP contribution < -0.4 is 5.32 Å². The maximum absolute atomic E-state index is 11.9. The molecule has 1 atom stereocenters. The SMILES string of the molecule is CN(CC(=O)NCCCOCCc1ccccc1)C1CCS(=O)(=O)C1. The minimum Gasteiger partial charge on any atom is -0.381 e. The van der Waals surface area contributed by atoms with Gasteiger partial charge in [-0.25, -0.2) is 8.42 Å². The van der Waals surface area contributed by atoms with Crippen LogP contribution >= 0.6 is 0 Å². The molecule has 1 heterocycles. The van der Waals surface area contributed by atoms with E-state index in [-0.39, 0.29) is 30.0 Å². The summed E-state index contributed by atoms with van der Waals surface area (Å²) in [6, 6.07) is 10.1. The zero-order valence-electron chi connectivity index (χ0n) is 14.8. The molecule has 1 N–H and O–H groups in total. The van der Waals surface area contributed by atoms with E-state index in [1.54, 1.807) is 7.05 Å². The molecule has 7 heteroatoms. The summed E-state index contributed by atoms with van der Waals surface area (Å²) in [6.07, 6.45) is 2.27. The largest absolute Gasteiger partial charge is 0.381 e. The molecule has 1 fully saturated rings. The zero-order chi connectivity index (χ0) is 18.1. The lowest BCUT2D eigenvalue weighted by Crippen LogP contribution is -2.41. The third-order valence-corrected chi connectivity index (χ3v) is 6.14.